The van der Waals surface area contributed by atoms with E-state index in [-0.39, 0.29) is 0 Å². The van der Waals surface area contributed by atoms with Crippen LogP contribution in [-0.2, 0) is 22.4 Å². The molecule has 2 N–H and O–H groups in total. The van der Waals surface area contributed by atoms with Gasteiger partial charge in [-0.2, -0.15) is 0 Å². The third-order valence-electron chi connectivity index (χ3n) is 2.91. The standard InChI is InChI=1S/C15H27N3O2S/c1-4-13-6-7-14(21-13)12-18-15(16-2)17-8-5-9-20-11-10-19-3/h6-7H,4-5,8-12H2,1-3H3,(H2,16,17,18). The van der Waals surface area contributed by atoms with E-state index in [0.717, 1.165) is 38.5 Å². The topological polar surface area (TPSA) is 54.9 Å². The Bertz CT molecular complexity index is 407. The van der Waals surface area contributed by atoms with Crippen LogP contribution in [0, 0.1) is 0 Å². The summed E-state index contributed by atoms with van der Waals surface area (Å²) in [5, 5.41) is 6.61. The molecule has 5 nitrogen and oxygen atoms in total. The average Bonchev–Trinajstić information content (AvgIpc) is 2.97. The van der Waals surface area contributed by atoms with Crippen LogP contribution in [0.1, 0.15) is 23.1 Å². The first kappa shape index (κ1) is 17.9. The number of aliphatic imine (C=N–C) groups is 1. The largest absolute Gasteiger partial charge is 0.382 e. The Kier molecular flexibility index (Phi) is 9.86. The molecular formula is C15H27N3O2S. The monoisotopic (exact) mass is 313 g/mol. The number of thiophene rings is 1. The number of hydrogen-bond acceptors (Lipinski definition) is 4. The lowest BCUT2D eigenvalue weighted by Crippen LogP contribution is -2.37. The smallest absolute Gasteiger partial charge is 0.191 e. The highest BCUT2D eigenvalue weighted by Gasteiger charge is 2.01. The summed E-state index contributed by atoms with van der Waals surface area (Å²) >= 11 is 1.85. The molecular weight excluding hydrogens is 286 g/mol. The molecule has 21 heavy (non-hydrogen) atoms. The van der Waals surface area contributed by atoms with E-state index in [1.54, 1.807) is 14.2 Å². The molecule has 120 valence electrons. The van der Waals surface area contributed by atoms with E-state index in [0.29, 0.717) is 13.2 Å². The Morgan fingerprint density at radius 3 is 2.67 bits per heavy atom. The fourth-order valence-corrected chi connectivity index (χ4v) is 2.62. The molecule has 1 aromatic rings. The number of aryl methyl sites for hydroxylation is 1. The molecule has 0 spiro atoms. The number of hydrogen-bond donors (Lipinski definition) is 2. The van der Waals surface area contributed by atoms with Gasteiger partial charge in [-0.25, -0.2) is 0 Å². The number of nitrogens with zero attached hydrogens (tertiary/aromatic N) is 1. The first-order valence-corrected chi connectivity index (χ1v) is 8.20. The summed E-state index contributed by atoms with van der Waals surface area (Å²) in [5.41, 5.74) is 0. The second-order valence-electron chi connectivity index (χ2n) is 4.53. The first-order valence-electron chi connectivity index (χ1n) is 7.39. The summed E-state index contributed by atoms with van der Waals surface area (Å²) in [6.07, 6.45) is 2.05. The van der Waals surface area contributed by atoms with Crippen molar-refractivity contribution in [3.63, 3.8) is 0 Å². The molecule has 0 aromatic carbocycles. The van der Waals surface area contributed by atoms with Crippen molar-refractivity contribution in [2.24, 2.45) is 4.99 Å². The number of nitrogens with one attached hydrogen (secondary N) is 2. The third kappa shape index (κ3) is 8.04. The predicted octanol–water partition coefficient (Wildman–Crippen LogP) is 2.03. The number of rotatable bonds is 10. The molecule has 0 unspecified atom stereocenters. The Hall–Kier alpha value is -1.11. The van der Waals surface area contributed by atoms with Crippen molar-refractivity contribution in [1.82, 2.24) is 10.6 Å². The van der Waals surface area contributed by atoms with Crippen molar-refractivity contribution in [3.05, 3.63) is 21.9 Å². The van der Waals surface area contributed by atoms with Crippen molar-refractivity contribution >= 4 is 17.3 Å². The summed E-state index contributed by atoms with van der Waals surface area (Å²) in [6, 6.07) is 4.36. The fraction of sp³-hybridized carbons (Fsp3) is 0.667. The van der Waals surface area contributed by atoms with E-state index in [1.165, 1.54) is 9.75 Å². The molecule has 0 radical (unpaired) electrons. The SMILES string of the molecule is CCc1ccc(CNC(=NC)NCCCOCCOC)s1. The van der Waals surface area contributed by atoms with Crippen LogP contribution in [0.25, 0.3) is 0 Å². The minimum absolute atomic E-state index is 0.650. The molecule has 6 heteroatoms. The van der Waals surface area contributed by atoms with Crippen LogP contribution >= 0.6 is 11.3 Å². The molecule has 0 amide bonds. The van der Waals surface area contributed by atoms with Gasteiger partial charge in [0.05, 0.1) is 19.8 Å². The van der Waals surface area contributed by atoms with Crippen LogP contribution in [0.15, 0.2) is 17.1 Å². The van der Waals surface area contributed by atoms with Gasteiger partial charge in [0.2, 0.25) is 0 Å². The molecule has 0 saturated carbocycles. The number of ether oxygens (including phenoxy) is 2. The van der Waals surface area contributed by atoms with Gasteiger partial charge in [0.25, 0.3) is 0 Å². The van der Waals surface area contributed by atoms with E-state index >= 15 is 0 Å². The van der Waals surface area contributed by atoms with E-state index in [1.807, 2.05) is 11.3 Å². The van der Waals surface area contributed by atoms with Gasteiger partial charge in [-0.3, -0.25) is 4.99 Å². The Labute approximate surface area is 131 Å². The number of methoxy groups -OCH3 is 1. The highest BCUT2D eigenvalue weighted by atomic mass is 32.1. The van der Waals surface area contributed by atoms with Gasteiger partial charge in [0.1, 0.15) is 0 Å². The van der Waals surface area contributed by atoms with Crippen molar-refractivity contribution in [2.45, 2.75) is 26.3 Å². The Morgan fingerprint density at radius 2 is 2.00 bits per heavy atom. The molecule has 0 aliphatic heterocycles. The maximum atomic E-state index is 5.41. The van der Waals surface area contributed by atoms with E-state index < -0.39 is 0 Å². The highest BCUT2D eigenvalue weighted by molar-refractivity contribution is 7.11. The molecule has 0 aliphatic rings. The fourth-order valence-electron chi connectivity index (χ4n) is 1.72. The average molecular weight is 313 g/mol. The predicted molar refractivity (Wildman–Crippen MR) is 89.2 cm³/mol. The van der Waals surface area contributed by atoms with E-state index in [4.69, 9.17) is 9.47 Å². The molecule has 0 aliphatic carbocycles. The molecule has 0 bridgehead atoms. The zero-order chi connectivity index (χ0) is 15.3. The van der Waals surface area contributed by atoms with Crippen molar-refractivity contribution in [2.75, 3.05) is 40.5 Å². The lowest BCUT2D eigenvalue weighted by Gasteiger charge is -2.11. The second-order valence-corrected chi connectivity index (χ2v) is 5.79. The molecule has 1 aromatic heterocycles. The third-order valence-corrected chi connectivity index (χ3v) is 4.14. The lowest BCUT2D eigenvalue weighted by atomic mass is 10.3. The minimum atomic E-state index is 0.650. The van der Waals surface area contributed by atoms with Crippen LogP contribution in [0.3, 0.4) is 0 Å². The zero-order valence-electron chi connectivity index (χ0n) is 13.3. The summed E-state index contributed by atoms with van der Waals surface area (Å²) < 4.78 is 10.3. The van der Waals surface area contributed by atoms with Gasteiger partial charge >= 0.3 is 0 Å². The molecule has 0 fully saturated rings. The zero-order valence-corrected chi connectivity index (χ0v) is 14.1. The summed E-state index contributed by atoms with van der Waals surface area (Å²) in [5.74, 6) is 0.832. The van der Waals surface area contributed by atoms with Crippen LogP contribution in [-0.4, -0.2) is 46.5 Å². The van der Waals surface area contributed by atoms with Gasteiger partial charge in [-0.15, -0.1) is 11.3 Å². The molecule has 1 heterocycles. The van der Waals surface area contributed by atoms with Crippen molar-refractivity contribution in [3.8, 4) is 0 Å². The quantitative estimate of drug-likeness (QED) is 0.394. The maximum absolute atomic E-state index is 5.41. The van der Waals surface area contributed by atoms with Crippen LogP contribution in [0.2, 0.25) is 0 Å². The Balaban J connectivity index is 2.11. The van der Waals surface area contributed by atoms with Gasteiger partial charge in [0.15, 0.2) is 5.96 Å². The van der Waals surface area contributed by atoms with Gasteiger partial charge < -0.3 is 20.1 Å². The second kappa shape index (κ2) is 11.5. The number of guanidine groups is 1. The van der Waals surface area contributed by atoms with Gasteiger partial charge in [-0.05, 0) is 25.0 Å². The summed E-state index contributed by atoms with van der Waals surface area (Å²) in [6.45, 7) is 5.88. The van der Waals surface area contributed by atoms with E-state index in [9.17, 15) is 0 Å². The highest BCUT2D eigenvalue weighted by Crippen LogP contribution is 2.16. The van der Waals surface area contributed by atoms with Crippen LogP contribution < -0.4 is 10.6 Å². The minimum Gasteiger partial charge on any atom is -0.382 e. The van der Waals surface area contributed by atoms with Gasteiger partial charge in [0, 0.05) is 37.1 Å². The maximum Gasteiger partial charge on any atom is 0.191 e. The lowest BCUT2D eigenvalue weighted by molar-refractivity contribution is 0.0698. The van der Waals surface area contributed by atoms with Crippen LogP contribution in [0.4, 0.5) is 0 Å². The van der Waals surface area contributed by atoms with Crippen molar-refractivity contribution < 1.29 is 9.47 Å². The first-order chi connectivity index (χ1) is 10.3. The normalized spacial score (nSPS) is 11.7. The molecule has 0 saturated heterocycles. The van der Waals surface area contributed by atoms with Crippen LogP contribution in [0.5, 0.6) is 0 Å². The summed E-state index contributed by atoms with van der Waals surface area (Å²) in [4.78, 5) is 6.97. The molecule has 1 rings (SSSR count). The van der Waals surface area contributed by atoms with Gasteiger partial charge in [-0.1, -0.05) is 6.92 Å². The Morgan fingerprint density at radius 1 is 1.19 bits per heavy atom. The summed E-state index contributed by atoms with van der Waals surface area (Å²) in [7, 11) is 3.47. The van der Waals surface area contributed by atoms with E-state index in [2.05, 4.69) is 34.7 Å². The van der Waals surface area contributed by atoms with Crippen molar-refractivity contribution in [1.29, 1.82) is 0 Å². The molecule has 0 atom stereocenters.